The number of halogens is 2. The Morgan fingerprint density at radius 1 is 0.950 bits per heavy atom. The summed E-state index contributed by atoms with van der Waals surface area (Å²) in [4.78, 5) is 36.5. The SMILES string of the molecule is Cc1cc(C)cc(C(=O)N2CCN(C(=O)CNC3CCN(Cc4ccc[nH]4)CC3)C(c3ccc(Cl)c(Cl)c3)C2)c1. The molecule has 9 heteroatoms. The quantitative estimate of drug-likeness (QED) is 0.401. The summed E-state index contributed by atoms with van der Waals surface area (Å²) in [6, 6.07) is 15.5. The van der Waals surface area contributed by atoms with E-state index in [0.717, 1.165) is 49.2 Å². The number of hydrogen-bond donors (Lipinski definition) is 2. The maximum Gasteiger partial charge on any atom is 0.254 e. The molecule has 2 aliphatic heterocycles. The van der Waals surface area contributed by atoms with E-state index in [1.54, 1.807) is 6.07 Å². The van der Waals surface area contributed by atoms with Crippen LogP contribution in [0.3, 0.4) is 0 Å². The van der Waals surface area contributed by atoms with Gasteiger partial charge in [-0.1, -0.05) is 46.5 Å². The summed E-state index contributed by atoms with van der Waals surface area (Å²) in [6.07, 6.45) is 3.96. The lowest BCUT2D eigenvalue weighted by Gasteiger charge is -2.42. The predicted molar refractivity (Wildman–Crippen MR) is 160 cm³/mol. The molecule has 1 atom stereocenters. The molecule has 40 heavy (non-hydrogen) atoms. The molecule has 2 aromatic carbocycles. The van der Waals surface area contributed by atoms with Gasteiger partial charge in [0.25, 0.3) is 5.91 Å². The third-order valence-electron chi connectivity index (χ3n) is 7.97. The number of aryl methyl sites for hydroxylation is 2. The number of hydrogen-bond acceptors (Lipinski definition) is 4. The highest BCUT2D eigenvalue weighted by molar-refractivity contribution is 6.42. The average Bonchev–Trinajstić information content (AvgIpc) is 3.46. The Hall–Kier alpha value is -2.84. The lowest BCUT2D eigenvalue weighted by atomic mass is 10.00. The largest absolute Gasteiger partial charge is 0.364 e. The van der Waals surface area contributed by atoms with Crippen LogP contribution in [0.5, 0.6) is 0 Å². The maximum atomic E-state index is 13.6. The number of carbonyl (C=O) groups is 2. The van der Waals surface area contributed by atoms with Crippen LogP contribution in [0.25, 0.3) is 0 Å². The van der Waals surface area contributed by atoms with E-state index in [1.807, 2.05) is 60.2 Å². The number of nitrogens with one attached hydrogen (secondary N) is 2. The molecule has 1 aromatic heterocycles. The maximum absolute atomic E-state index is 13.6. The number of carbonyl (C=O) groups excluding carboxylic acids is 2. The molecule has 2 N–H and O–H groups in total. The lowest BCUT2D eigenvalue weighted by molar-refractivity contribution is -0.135. The van der Waals surface area contributed by atoms with Crippen molar-refractivity contribution in [3.63, 3.8) is 0 Å². The molecule has 212 valence electrons. The summed E-state index contributed by atoms with van der Waals surface area (Å²) in [5.74, 6) is 0.0107. The summed E-state index contributed by atoms with van der Waals surface area (Å²) in [5.41, 5.74) is 4.89. The van der Waals surface area contributed by atoms with E-state index in [2.05, 4.69) is 27.3 Å². The van der Waals surface area contributed by atoms with E-state index in [-0.39, 0.29) is 24.4 Å². The topological polar surface area (TPSA) is 71.7 Å². The number of aromatic nitrogens is 1. The van der Waals surface area contributed by atoms with Gasteiger partial charge in [0, 0.05) is 62.8 Å². The van der Waals surface area contributed by atoms with Gasteiger partial charge < -0.3 is 20.1 Å². The van der Waals surface area contributed by atoms with Gasteiger partial charge in [0.05, 0.1) is 22.6 Å². The van der Waals surface area contributed by atoms with Crippen molar-refractivity contribution in [2.45, 2.75) is 45.3 Å². The van der Waals surface area contributed by atoms with Crippen molar-refractivity contribution in [3.05, 3.63) is 92.7 Å². The van der Waals surface area contributed by atoms with Crippen LogP contribution in [0.2, 0.25) is 10.0 Å². The Morgan fingerprint density at radius 3 is 2.38 bits per heavy atom. The van der Waals surface area contributed by atoms with Gasteiger partial charge in [-0.05, 0) is 68.7 Å². The zero-order valence-corrected chi connectivity index (χ0v) is 24.6. The van der Waals surface area contributed by atoms with Crippen LogP contribution in [0, 0.1) is 13.8 Å². The highest BCUT2D eigenvalue weighted by Gasteiger charge is 2.34. The molecule has 0 spiro atoms. The van der Waals surface area contributed by atoms with Crippen LogP contribution in [-0.2, 0) is 11.3 Å². The monoisotopic (exact) mass is 581 g/mol. The van der Waals surface area contributed by atoms with E-state index in [4.69, 9.17) is 23.2 Å². The fourth-order valence-corrected chi connectivity index (χ4v) is 6.19. The summed E-state index contributed by atoms with van der Waals surface area (Å²) in [6.45, 7) is 8.51. The van der Waals surface area contributed by atoms with E-state index >= 15 is 0 Å². The third kappa shape index (κ3) is 6.89. The zero-order chi connectivity index (χ0) is 28.2. The minimum absolute atomic E-state index is 0.0202. The summed E-state index contributed by atoms with van der Waals surface area (Å²) in [5, 5.41) is 4.41. The van der Waals surface area contributed by atoms with Crippen LogP contribution in [0.15, 0.2) is 54.7 Å². The van der Waals surface area contributed by atoms with Gasteiger partial charge in [-0.25, -0.2) is 0 Å². The van der Waals surface area contributed by atoms with Crippen LogP contribution in [0.4, 0.5) is 0 Å². The molecule has 3 aromatic rings. The number of piperidine rings is 1. The number of benzene rings is 2. The van der Waals surface area contributed by atoms with Crippen molar-refractivity contribution in [1.29, 1.82) is 0 Å². The van der Waals surface area contributed by atoms with Crippen molar-refractivity contribution in [2.24, 2.45) is 0 Å². The molecule has 0 aliphatic carbocycles. The molecule has 2 amide bonds. The highest BCUT2D eigenvalue weighted by atomic mass is 35.5. The van der Waals surface area contributed by atoms with Gasteiger partial charge in [0.2, 0.25) is 5.91 Å². The van der Waals surface area contributed by atoms with Gasteiger partial charge in [0.15, 0.2) is 0 Å². The molecule has 0 radical (unpaired) electrons. The lowest BCUT2D eigenvalue weighted by Crippen LogP contribution is -2.54. The second-order valence-electron chi connectivity index (χ2n) is 11.0. The van der Waals surface area contributed by atoms with Crippen molar-refractivity contribution in [3.8, 4) is 0 Å². The Kier molecular flexibility index (Phi) is 9.16. The first kappa shape index (κ1) is 28.7. The van der Waals surface area contributed by atoms with Crippen LogP contribution in [0.1, 0.15) is 51.6 Å². The first-order valence-corrected chi connectivity index (χ1v) is 14.7. The number of H-pyrrole nitrogens is 1. The highest BCUT2D eigenvalue weighted by Crippen LogP contribution is 2.31. The average molecular weight is 583 g/mol. The fourth-order valence-electron chi connectivity index (χ4n) is 5.89. The zero-order valence-electron chi connectivity index (χ0n) is 23.1. The molecular weight excluding hydrogens is 545 g/mol. The summed E-state index contributed by atoms with van der Waals surface area (Å²) < 4.78 is 0. The predicted octanol–water partition coefficient (Wildman–Crippen LogP) is 5.22. The fraction of sp³-hybridized carbons (Fsp3) is 0.419. The molecule has 0 bridgehead atoms. The van der Waals surface area contributed by atoms with Crippen LogP contribution in [-0.4, -0.2) is 76.8 Å². The van der Waals surface area contributed by atoms with Gasteiger partial charge in [-0.15, -0.1) is 0 Å². The number of likely N-dealkylation sites (tertiary alicyclic amines) is 1. The Balaban J connectivity index is 1.24. The second-order valence-corrected chi connectivity index (χ2v) is 11.8. The van der Waals surface area contributed by atoms with Crippen molar-refractivity contribution >= 4 is 35.0 Å². The number of nitrogens with zero attached hydrogens (tertiary/aromatic N) is 3. The normalized spacial score (nSPS) is 18.8. The van der Waals surface area contributed by atoms with Crippen molar-refractivity contribution in [1.82, 2.24) is 25.0 Å². The smallest absolute Gasteiger partial charge is 0.254 e. The summed E-state index contributed by atoms with van der Waals surface area (Å²) in [7, 11) is 0. The van der Waals surface area contributed by atoms with E-state index in [9.17, 15) is 9.59 Å². The second kappa shape index (κ2) is 12.8. The molecule has 0 saturated carbocycles. The molecule has 5 rings (SSSR count). The van der Waals surface area contributed by atoms with Gasteiger partial charge >= 0.3 is 0 Å². The van der Waals surface area contributed by atoms with E-state index in [1.165, 1.54) is 5.69 Å². The molecule has 2 saturated heterocycles. The first-order valence-electron chi connectivity index (χ1n) is 14.0. The Labute approximate surface area is 246 Å². The summed E-state index contributed by atoms with van der Waals surface area (Å²) >= 11 is 12.6. The molecule has 7 nitrogen and oxygen atoms in total. The Bertz CT molecular complexity index is 1320. The van der Waals surface area contributed by atoms with Crippen LogP contribution >= 0.6 is 23.2 Å². The van der Waals surface area contributed by atoms with E-state index in [0.29, 0.717) is 41.3 Å². The number of amides is 2. The Morgan fingerprint density at radius 2 is 1.70 bits per heavy atom. The third-order valence-corrected chi connectivity index (χ3v) is 8.71. The minimum Gasteiger partial charge on any atom is -0.364 e. The molecule has 3 heterocycles. The number of aromatic amines is 1. The van der Waals surface area contributed by atoms with E-state index < -0.39 is 0 Å². The number of piperazine rings is 1. The first-order chi connectivity index (χ1) is 19.3. The standard InChI is InChI=1S/C31H37Cl2N5O2/c1-21-14-22(2)16-24(15-21)31(40)37-12-13-38(29(20-37)23-5-6-27(32)28(33)17-23)30(39)18-35-25-7-10-36(11-8-25)19-26-4-3-9-34-26/h3-6,9,14-17,25,29,34-35H,7-8,10-13,18-20H2,1-2H3. The van der Waals surface area contributed by atoms with Crippen molar-refractivity contribution in [2.75, 3.05) is 39.3 Å². The molecule has 1 unspecified atom stereocenters. The molecular formula is C31H37Cl2N5O2. The number of rotatable bonds is 7. The van der Waals surface area contributed by atoms with Gasteiger partial charge in [0.1, 0.15) is 0 Å². The van der Waals surface area contributed by atoms with Gasteiger partial charge in [-0.2, -0.15) is 0 Å². The molecule has 2 aliphatic rings. The minimum atomic E-state index is -0.310. The molecule has 2 fully saturated rings. The van der Waals surface area contributed by atoms with Gasteiger partial charge in [-0.3, -0.25) is 14.5 Å². The van der Waals surface area contributed by atoms with Crippen LogP contribution < -0.4 is 5.32 Å². The van der Waals surface area contributed by atoms with Crippen molar-refractivity contribution < 1.29 is 9.59 Å².